The fourth-order valence-corrected chi connectivity index (χ4v) is 6.37. The minimum atomic E-state index is 0.249. The molecule has 0 aliphatic carbocycles. The summed E-state index contributed by atoms with van der Waals surface area (Å²) in [7, 11) is 0. The molecule has 0 amide bonds. The summed E-state index contributed by atoms with van der Waals surface area (Å²) in [4.78, 5) is 0. The largest absolute Gasteiger partial charge is 0.326 e. The van der Waals surface area contributed by atoms with Crippen LogP contribution in [0.2, 0.25) is 0 Å². The van der Waals surface area contributed by atoms with Gasteiger partial charge in [0.2, 0.25) is 0 Å². The Morgan fingerprint density at radius 3 is 2.71 bits per heavy atom. The zero-order valence-corrected chi connectivity index (χ0v) is 14.1. The molecular formula is C18H23NS2. The van der Waals surface area contributed by atoms with E-state index in [1.54, 1.807) is 0 Å². The van der Waals surface area contributed by atoms with Gasteiger partial charge in [0.05, 0.1) is 0 Å². The summed E-state index contributed by atoms with van der Waals surface area (Å²) in [6.45, 7) is 2.29. The van der Waals surface area contributed by atoms with Gasteiger partial charge in [-0.25, -0.2) is 0 Å². The molecule has 2 aromatic rings. The molecule has 1 saturated heterocycles. The predicted molar refractivity (Wildman–Crippen MR) is 98.4 cm³/mol. The molecule has 0 radical (unpaired) electrons. The second-order valence-electron chi connectivity index (χ2n) is 5.66. The second-order valence-corrected chi connectivity index (χ2v) is 8.29. The van der Waals surface area contributed by atoms with E-state index in [1.807, 2.05) is 0 Å². The van der Waals surface area contributed by atoms with Gasteiger partial charge < -0.3 is 5.73 Å². The highest BCUT2D eigenvalue weighted by atomic mass is 32.2. The molecule has 3 unspecified atom stereocenters. The van der Waals surface area contributed by atoms with E-state index < -0.39 is 0 Å². The Kier molecular flexibility index (Phi) is 5.15. The lowest BCUT2D eigenvalue weighted by molar-refractivity contribution is 0.599. The summed E-state index contributed by atoms with van der Waals surface area (Å²) in [5.74, 6) is 2.52. The zero-order valence-electron chi connectivity index (χ0n) is 12.5. The first kappa shape index (κ1) is 15.3. The average Bonchev–Trinajstić information content (AvgIpc) is 2.55. The van der Waals surface area contributed by atoms with Crippen LogP contribution in [0.4, 0.5) is 0 Å². The summed E-state index contributed by atoms with van der Waals surface area (Å²) in [6.07, 6.45) is 2.21. The Hall–Kier alpha value is -0.640. The molecule has 112 valence electrons. The molecule has 2 N–H and O–H groups in total. The summed E-state index contributed by atoms with van der Waals surface area (Å²) >= 11 is 4.20. The van der Waals surface area contributed by atoms with Gasteiger partial charge in [0, 0.05) is 28.0 Å². The van der Waals surface area contributed by atoms with E-state index in [0.29, 0.717) is 10.5 Å². The number of benzene rings is 2. The molecule has 3 atom stereocenters. The molecule has 0 aromatic heterocycles. The highest BCUT2D eigenvalue weighted by Gasteiger charge is 2.30. The lowest BCUT2D eigenvalue weighted by atomic mass is 9.96. The Morgan fingerprint density at radius 1 is 1.10 bits per heavy atom. The van der Waals surface area contributed by atoms with Crippen LogP contribution in [0, 0.1) is 0 Å². The van der Waals surface area contributed by atoms with E-state index >= 15 is 0 Å². The maximum atomic E-state index is 6.60. The molecule has 1 aliphatic rings. The first-order chi connectivity index (χ1) is 10.3. The number of fused-ring (bicyclic) bond motifs is 1. The van der Waals surface area contributed by atoms with Gasteiger partial charge in [0.15, 0.2) is 0 Å². The summed E-state index contributed by atoms with van der Waals surface area (Å²) in [5, 5.41) is 3.98. The maximum absolute atomic E-state index is 6.60. The normalized spacial score (nSPS) is 24.1. The van der Waals surface area contributed by atoms with Crippen LogP contribution in [0.3, 0.4) is 0 Å². The van der Waals surface area contributed by atoms with Crippen LogP contribution >= 0.6 is 23.5 Å². The first-order valence-electron chi connectivity index (χ1n) is 7.75. The molecule has 1 aliphatic heterocycles. The number of rotatable bonds is 4. The number of nitrogens with two attached hydrogens (primary N) is 1. The van der Waals surface area contributed by atoms with Crippen LogP contribution in [0.5, 0.6) is 0 Å². The second kappa shape index (κ2) is 7.08. The summed E-state index contributed by atoms with van der Waals surface area (Å²) < 4.78 is 0. The molecule has 3 rings (SSSR count). The van der Waals surface area contributed by atoms with Crippen molar-refractivity contribution in [1.29, 1.82) is 0 Å². The van der Waals surface area contributed by atoms with E-state index in [0.717, 1.165) is 6.42 Å². The van der Waals surface area contributed by atoms with E-state index in [-0.39, 0.29) is 6.04 Å². The van der Waals surface area contributed by atoms with Crippen LogP contribution in [-0.2, 0) is 6.42 Å². The van der Waals surface area contributed by atoms with Gasteiger partial charge in [-0.15, -0.1) is 0 Å². The van der Waals surface area contributed by atoms with Crippen LogP contribution in [-0.4, -0.2) is 28.0 Å². The van der Waals surface area contributed by atoms with Crippen molar-refractivity contribution in [2.75, 3.05) is 11.5 Å². The van der Waals surface area contributed by atoms with Crippen LogP contribution < -0.4 is 5.73 Å². The van der Waals surface area contributed by atoms with E-state index in [2.05, 4.69) is 72.9 Å². The van der Waals surface area contributed by atoms with E-state index in [9.17, 15) is 0 Å². The van der Waals surface area contributed by atoms with Crippen molar-refractivity contribution in [2.24, 2.45) is 5.73 Å². The van der Waals surface area contributed by atoms with E-state index in [1.165, 1.54) is 34.3 Å². The van der Waals surface area contributed by atoms with Gasteiger partial charge in [0.25, 0.3) is 0 Å². The monoisotopic (exact) mass is 317 g/mol. The predicted octanol–water partition coefficient (Wildman–Crippen LogP) is 4.34. The number of thioether (sulfide) groups is 2. The quantitative estimate of drug-likeness (QED) is 0.908. The van der Waals surface area contributed by atoms with Gasteiger partial charge in [-0.3, -0.25) is 0 Å². The summed E-state index contributed by atoms with van der Waals surface area (Å²) in [6, 6.07) is 15.5. The third kappa shape index (κ3) is 3.41. The molecule has 1 heterocycles. The molecule has 0 spiro atoms. The Balaban J connectivity index is 1.81. The third-order valence-electron chi connectivity index (χ3n) is 4.25. The Bertz CT molecular complexity index is 593. The van der Waals surface area contributed by atoms with Crippen molar-refractivity contribution < 1.29 is 0 Å². The molecule has 0 saturated carbocycles. The SMILES string of the molecule is CCC1SCCSC1C(N)Cc1cccc2ccccc12. The van der Waals surface area contributed by atoms with Crippen LogP contribution in [0.1, 0.15) is 18.9 Å². The highest BCUT2D eigenvalue weighted by Crippen LogP contribution is 2.35. The third-order valence-corrected chi connectivity index (χ3v) is 7.68. The standard InChI is InChI=1S/C18H23NS2/c1-2-17-18(21-11-10-20-17)16(19)12-14-8-5-7-13-6-3-4-9-15(13)14/h3-9,16-18H,2,10-12,19H2,1H3. The zero-order chi connectivity index (χ0) is 14.7. The van der Waals surface area contributed by atoms with Crippen molar-refractivity contribution in [3.05, 3.63) is 48.0 Å². The molecule has 21 heavy (non-hydrogen) atoms. The molecule has 0 bridgehead atoms. The van der Waals surface area contributed by atoms with Gasteiger partial charge in [-0.05, 0) is 29.2 Å². The highest BCUT2D eigenvalue weighted by molar-refractivity contribution is 8.07. The molecule has 2 aromatic carbocycles. The maximum Gasteiger partial charge on any atom is 0.0321 e. The van der Waals surface area contributed by atoms with Gasteiger partial charge in [0.1, 0.15) is 0 Å². The lowest BCUT2D eigenvalue weighted by Crippen LogP contribution is -2.43. The van der Waals surface area contributed by atoms with Gasteiger partial charge in [-0.1, -0.05) is 49.4 Å². The average molecular weight is 318 g/mol. The van der Waals surface area contributed by atoms with Crippen molar-refractivity contribution in [1.82, 2.24) is 0 Å². The first-order valence-corrected chi connectivity index (χ1v) is 9.84. The van der Waals surface area contributed by atoms with Crippen molar-refractivity contribution >= 4 is 34.3 Å². The summed E-state index contributed by atoms with van der Waals surface area (Å²) in [5.41, 5.74) is 8.00. The minimum absolute atomic E-state index is 0.249. The smallest absolute Gasteiger partial charge is 0.0321 e. The molecule has 3 heteroatoms. The molecule has 1 fully saturated rings. The number of hydrogen-bond acceptors (Lipinski definition) is 3. The topological polar surface area (TPSA) is 26.0 Å². The van der Waals surface area contributed by atoms with Gasteiger partial charge in [-0.2, -0.15) is 23.5 Å². The minimum Gasteiger partial charge on any atom is -0.326 e. The lowest BCUT2D eigenvalue weighted by Gasteiger charge is -2.34. The van der Waals surface area contributed by atoms with Crippen molar-refractivity contribution in [3.8, 4) is 0 Å². The van der Waals surface area contributed by atoms with Crippen LogP contribution in [0.15, 0.2) is 42.5 Å². The van der Waals surface area contributed by atoms with E-state index in [4.69, 9.17) is 5.73 Å². The fraction of sp³-hybridized carbons (Fsp3) is 0.444. The van der Waals surface area contributed by atoms with Crippen LogP contribution in [0.25, 0.3) is 10.8 Å². The Labute approximate surface area is 136 Å². The van der Waals surface area contributed by atoms with Gasteiger partial charge >= 0.3 is 0 Å². The molecular weight excluding hydrogens is 294 g/mol. The Morgan fingerprint density at radius 2 is 1.86 bits per heavy atom. The van der Waals surface area contributed by atoms with Crippen molar-refractivity contribution in [2.45, 2.75) is 36.3 Å². The molecule has 1 nitrogen and oxygen atoms in total. The number of hydrogen-bond donors (Lipinski definition) is 1. The van der Waals surface area contributed by atoms with Crippen molar-refractivity contribution in [3.63, 3.8) is 0 Å². The fourth-order valence-electron chi connectivity index (χ4n) is 3.18.